The molecule has 128 valence electrons. The summed E-state index contributed by atoms with van der Waals surface area (Å²) in [6.45, 7) is 1.42. The van der Waals surface area contributed by atoms with Crippen LogP contribution < -0.4 is 5.32 Å². The van der Waals surface area contributed by atoms with Gasteiger partial charge in [-0.1, -0.05) is 18.2 Å². The van der Waals surface area contributed by atoms with E-state index >= 15 is 0 Å². The van der Waals surface area contributed by atoms with Crippen LogP contribution in [0.2, 0.25) is 0 Å². The standard InChI is InChI=1S/C18H18N4O3/c23-17(21-16-8-19-6-7-20-16)14-11-25-15-10-22(9-13(14)15)18(24)12-4-2-1-3-5-12/h1-8,13-15H,9-11H2,(H,20,21,23)/t13-,14+,15-/m0/s1. The number of ether oxygens (including phenoxy) is 1. The fourth-order valence-electron chi connectivity index (χ4n) is 3.49. The number of hydrogen-bond acceptors (Lipinski definition) is 5. The predicted octanol–water partition coefficient (Wildman–Crippen LogP) is 1.20. The zero-order chi connectivity index (χ0) is 17.2. The van der Waals surface area contributed by atoms with Crippen molar-refractivity contribution in [1.29, 1.82) is 0 Å². The highest BCUT2D eigenvalue weighted by Crippen LogP contribution is 2.34. The Labute approximate surface area is 145 Å². The molecule has 4 rings (SSSR count). The number of nitrogens with zero attached hydrogens (tertiary/aromatic N) is 3. The van der Waals surface area contributed by atoms with E-state index in [4.69, 9.17) is 4.74 Å². The average molecular weight is 338 g/mol. The summed E-state index contributed by atoms with van der Waals surface area (Å²) in [4.78, 5) is 34.9. The second-order valence-corrected chi connectivity index (χ2v) is 6.30. The molecule has 2 saturated heterocycles. The van der Waals surface area contributed by atoms with E-state index in [0.717, 1.165) is 0 Å². The maximum atomic E-state index is 12.6. The van der Waals surface area contributed by atoms with E-state index in [0.29, 0.717) is 31.1 Å². The highest BCUT2D eigenvalue weighted by atomic mass is 16.5. The number of carbonyl (C=O) groups is 2. The van der Waals surface area contributed by atoms with Crippen molar-refractivity contribution in [3.05, 3.63) is 54.5 Å². The number of likely N-dealkylation sites (tertiary alicyclic amines) is 1. The third kappa shape index (κ3) is 3.10. The molecule has 0 bridgehead atoms. The van der Waals surface area contributed by atoms with E-state index in [1.165, 1.54) is 12.4 Å². The van der Waals surface area contributed by atoms with Gasteiger partial charge in [0.25, 0.3) is 5.91 Å². The fourth-order valence-corrected chi connectivity index (χ4v) is 3.49. The molecule has 2 fully saturated rings. The number of fused-ring (bicyclic) bond motifs is 1. The van der Waals surface area contributed by atoms with Crippen molar-refractivity contribution >= 4 is 17.6 Å². The van der Waals surface area contributed by atoms with Gasteiger partial charge in [-0.15, -0.1) is 0 Å². The average Bonchev–Trinajstić information content (AvgIpc) is 3.23. The number of nitrogens with one attached hydrogen (secondary N) is 1. The number of aromatic nitrogens is 2. The van der Waals surface area contributed by atoms with Gasteiger partial charge in [0.15, 0.2) is 5.82 Å². The first-order chi connectivity index (χ1) is 12.2. The largest absolute Gasteiger partial charge is 0.375 e. The fraction of sp³-hybridized carbons (Fsp3) is 0.333. The van der Waals surface area contributed by atoms with E-state index in [1.54, 1.807) is 23.2 Å². The van der Waals surface area contributed by atoms with Crippen molar-refractivity contribution < 1.29 is 14.3 Å². The van der Waals surface area contributed by atoms with Crippen LogP contribution in [0.25, 0.3) is 0 Å². The molecule has 2 aliphatic rings. The molecule has 2 aliphatic heterocycles. The van der Waals surface area contributed by atoms with Crippen molar-refractivity contribution in [2.45, 2.75) is 6.10 Å². The molecule has 7 heteroatoms. The lowest BCUT2D eigenvalue weighted by Crippen LogP contribution is -2.34. The van der Waals surface area contributed by atoms with Crippen molar-refractivity contribution in [2.24, 2.45) is 11.8 Å². The van der Waals surface area contributed by atoms with Gasteiger partial charge in [0.1, 0.15) is 0 Å². The number of rotatable bonds is 3. The van der Waals surface area contributed by atoms with Gasteiger partial charge >= 0.3 is 0 Å². The van der Waals surface area contributed by atoms with Gasteiger partial charge in [0.05, 0.1) is 24.8 Å². The highest BCUT2D eigenvalue weighted by Gasteiger charge is 2.48. The van der Waals surface area contributed by atoms with Gasteiger partial charge in [-0.05, 0) is 12.1 Å². The third-order valence-electron chi connectivity index (χ3n) is 4.77. The lowest BCUT2D eigenvalue weighted by Gasteiger charge is -2.19. The molecule has 0 unspecified atom stereocenters. The van der Waals surface area contributed by atoms with Gasteiger partial charge in [-0.3, -0.25) is 14.6 Å². The molecular weight excluding hydrogens is 320 g/mol. The highest BCUT2D eigenvalue weighted by molar-refractivity contribution is 5.95. The number of hydrogen-bond donors (Lipinski definition) is 1. The lowest BCUT2D eigenvalue weighted by atomic mass is 9.92. The molecule has 3 heterocycles. The van der Waals surface area contributed by atoms with Gasteiger partial charge in [-0.2, -0.15) is 0 Å². The topological polar surface area (TPSA) is 84.4 Å². The summed E-state index contributed by atoms with van der Waals surface area (Å²) in [7, 11) is 0. The second-order valence-electron chi connectivity index (χ2n) is 6.30. The number of benzene rings is 1. The zero-order valence-corrected chi connectivity index (χ0v) is 13.5. The maximum absolute atomic E-state index is 12.6. The van der Waals surface area contributed by atoms with Gasteiger partial charge in [-0.25, -0.2) is 4.98 Å². The molecular formula is C18H18N4O3. The van der Waals surface area contributed by atoms with Gasteiger partial charge in [0.2, 0.25) is 5.91 Å². The van der Waals surface area contributed by atoms with Crippen LogP contribution >= 0.6 is 0 Å². The minimum Gasteiger partial charge on any atom is -0.375 e. The molecule has 0 radical (unpaired) electrons. The summed E-state index contributed by atoms with van der Waals surface area (Å²) in [6.07, 6.45) is 4.49. The van der Waals surface area contributed by atoms with E-state index in [2.05, 4.69) is 15.3 Å². The number of anilines is 1. The van der Waals surface area contributed by atoms with Crippen molar-refractivity contribution in [2.75, 3.05) is 25.0 Å². The van der Waals surface area contributed by atoms with Crippen LogP contribution in [-0.4, -0.2) is 52.5 Å². The first-order valence-corrected chi connectivity index (χ1v) is 8.25. The molecule has 2 amide bonds. The van der Waals surface area contributed by atoms with Gasteiger partial charge in [0, 0.05) is 37.0 Å². The Morgan fingerprint density at radius 1 is 1.16 bits per heavy atom. The summed E-state index contributed by atoms with van der Waals surface area (Å²) in [6, 6.07) is 9.17. The molecule has 1 aromatic heterocycles. The zero-order valence-electron chi connectivity index (χ0n) is 13.5. The van der Waals surface area contributed by atoms with Crippen LogP contribution in [0.3, 0.4) is 0 Å². The molecule has 0 aliphatic carbocycles. The van der Waals surface area contributed by atoms with Crippen LogP contribution in [0.4, 0.5) is 5.82 Å². The van der Waals surface area contributed by atoms with Crippen molar-refractivity contribution in [1.82, 2.24) is 14.9 Å². The summed E-state index contributed by atoms with van der Waals surface area (Å²) < 4.78 is 5.77. The third-order valence-corrected chi connectivity index (χ3v) is 4.77. The van der Waals surface area contributed by atoms with Crippen LogP contribution in [0, 0.1) is 11.8 Å². The first kappa shape index (κ1) is 15.7. The Morgan fingerprint density at radius 3 is 2.76 bits per heavy atom. The SMILES string of the molecule is O=C(Nc1cnccn1)[C@@H]1CO[C@H]2CN(C(=O)c3ccccc3)C[C@H]21. The molecule has 0 spiro atoms. The van der Waals surface area contributed by atoms with Crippen LogP contribution in [-0.2, 0) is 9.53 Å². The smallest absolute Gasteiger partial charge is 0.253 e. The Kier molecular flexibility index (Phi) is 4.15. The number of carbonyl (C=O) groups excluding carboxylic acids is 2. The molecule has 25 heavy (non-hydrogen) atoms. The van der Waals surface area contributed by atoms with E-state index in [1.807, 2.05) is 18.2 Å². The van der Waals surface area contributed by atoms with Crippen LogP contribution in [0.5, 0.6) is 0 Å². The monoisotopic (exact) mass is 338 g/mol. The molecule has 7 nitrogen and oxygen atoms in total. The minimum absolute atomic E-state index is 0.00401. The molecule has 3 atom stereocenters. The quantitative estimate of drug-likeness (QED) is 0.909. The molecule has 2 aromatic rings. The van der Waals surface area contributed by atoms with Crippen molar-refractivity contribution in [3.63, 3.8) is 0 Å². The minimum atomic E-state index is -0.291. The Morgan fingerprint density at radius 2 is 2.00 bits per heavy atom. The molecule has 1 N–H and O–H groups in total. The first-order valence-electron chi connectivity index (χ1n) is 8.25. The molecule has 0 saturated carbocycles. The summed E-state index contributed by atoms with van der Waals surface area (Å²) >= 11 is 0. The second kappa shape index (κ2) is 6.60. The van der Waals surface area contributed by atoms with Crippen LogP contribution in [0.15, 0.2) is 48.9 Å². The Bertz CT molecular complexity index is 768. The van der Waals surface area contributed by atoms with E-state index in [9.17, 15) is 9.59 Å². The van der Waals surface area contributed by atoms with Gasteiger partial charge < -0.3 is 15.0 Å². The Balaban J connectivity index is 1.43. The summed E-state index contributed by atoms with van der Waals surface area (Å²) in [5.74, 6) is -0.0234. The number of amides is 2. The van der Waals surface area contributed by atoms with E-state index in [-0.39, 0.29) is 29.8 Å². The Hall–Kier alpha value is -2.80. The maximum Gasteiger partial charge on any atom is 0.253 e. The van der Waals surface area contributed by atoms with Crippen LogP contribution in [0.1, 0.15) is 10.4 Å². The van der Waals surface area contributed by atoms with E-state index < -0.39 is 0 Å². The normalized spacial score (nSPS) is 24.8. The summed E-state index contributed by atoms with van der Waals surface area (Å²) in [5.41, 5.74) is 0.656. The predicted molar refractivity (Wildman–Crippen MR) is 89.7 cm³/mol. The van der Waals surface area contributed by atoms with Crippen molar-refractivity contribution in [3.8, 4) is 0 Å². The summed E-state index contributed by atoms with van der Waals surface area (Å²) in [5, 5.41) is 2.78. The molecule has 1 aromatic carbocycles. The lowest BCUT2D eigenvalue weighted by molar-refractivity contribution is -0.120.